The summed E-state index contributed by atoms with van der Waals surface area (Å²) in [6.45, 7) is 1.87. The minimum atomic E-state index is -0.431. The summed E-state index contributed by atoms with van der Waals surface area (Å²) < 4.78 is 21.4. The molecule has 1 N–H and O–H groups in total. The van der Waals surface area contributed by atoms with Crippen LogP contribution in [0.5, 0.6) is 11.5 Å². The first-order valence-corrected chi connectivity index (χ1v) is 7.03. The van der Waals surface area contributed by atoms with Gasteiger partial charge >= 0.3 is 0 Å². The molecule has 0 radical (unpaired) electrons. The zero-order valence-corrected chi connectivity index (χ0v) is 12.9. The van der Waals surface area contributed by atoms with Crippen LogP contribution in [0, 0.1) is 0 Å². The van der Waals surface area contributed by atoms with Crippen LogP contribution in [-0.2, 0) is 9.47 Å². The van der Waals surface area contributed by atoms with Gasteiger partial charge in [0.25, 0.3) is 0 Å². The minimum absolute atomic E-state index is 0.430. The molecule has 1 aliphatic heterocycles. The molecular formula is C14H19ClN2O4. The lowest BCUT2D eigenvalue weighted by atomic mass is 10.1. The Morgan fingerprint density at radius 3 is 2.29 bits per heavy atom. The van der Waals surface area contributed by atoms with E-state index in [-0.39, 0.29) is 0 Å². The van der Waals surface area contributed by atoms with Crippen LogP contribution in [0.2, 0.25) is 0 Å². The van der Waals surface area contributed by atoms with E-state index in [9.17, 15) is 0 Å². The predicted octanol–water partition coefficient (Wildman–Crippen LogP) is 2.43. The average Bonchev–Trinajstić information content (AvgIpc) is 2.49. The lowest BCUT2D eigenvalue weighted by Gasteiger charge is -2.20. The van der Waals surface area contributed by atoms with Gasteiger partial charge in [-0.25, -0.2) is 0 Å². The maximum atomic E-state index is 6.18. The molecule has 0 aliphatic carbocycles. The average molecular weight is 315 g/mol. The maximum Gasteiger partial charge on any atom is 0.163 e. The highest BCUT2D eigenvalue weighted by Crippen LogP contribution is 2.40. The van der Waals surface area contributed by atoms with E-state index in [0.717, 1.165) is 11.3 Å². The normalized spacial score (nSPS) is 16.2. The standard InChI is InChI=1S/C14H19ClN2O4/c1-18-3-5-20-12-7-10-11(16-9-17-14(10)15)8-13(12)21-6-4-19-2/h7-9,14H,3-6H2,1-2H3,(H,16,17)/t14-/m0/s1. The first-order chi connectivity index (χ1) is 10.3. The van der Waals surface area contributed by atoms with Crippen LogP contribution in [0.4, 0.5) is 5.69 Å². The highest BCUT2D eigenvalue weighted by Gasteiger charge is 2.19. The molecule has 6 nitrogen and oxygen atoms in total. The Labute approximate surface area is 129 Å². The molecule has 1 aliphatic rings. The van der Waals surface area contributed by atoms with Gasteiger partial charge in [0.1, 0.15) is 13.2 Å². The summed E-state index contributed by atoms with van der Waals surface area (Å²) in [4.78, 5) is 4.10. The zero-order valence-electron chi connectivity index (χ0n) is 12.1. The van der Waals surface area contributed by atoms with Gasteiger partial charge in [-0.2, -0.15) is 0 Å². The predicted molar refractivity (Wildman–Crippen MR) is 81.9 cm³/mol. The van der Waals surface area contributed by atoms with Crippen molar-refractivity contribution < 1.29 is 18.9 Å². The number of alkyl halides is 1. The van der Waals surface area contributed by atoms with E-state index in [1.54, 1.807) is 20.6 Å². The van der Waals surface area contributed by atoms with Crippen molar-refractivity contribution in [2.24, 2.45) is 4.99 Å². The van der Waals surface area contributed by atoms with Crippen molar-refractivity contribution in [3.05, 3.63) is 17.7 Å². The van der Waals surface area contributed by atoms with Crippen LogP contribution in [0.3, 0.4) is 0 Å². The fraction of sp³-hybridized carbons (Fsp3) is 0.500. The number of halogens is 1. The van der Waals surface area contributed by atoms with Gasteiger partial charge in [0.15, 0.2) is 17.0 Å². The molecular weight excluding hydrogens is 296 g/mol. The third-order valence-electron chi connectivity index (χ3n) is 2.89. The molecule has 0 saturated heterocycles. The molecule has 7 heteroatoms. The molecule has 0 aromatic heterocycles. The molecule has 0 amide bonds. The van der Waals surface area contributed by atoms with Crippen molar-refractivity contribution in [3.63, 3.8) is 0 Å². The fourth-order valence-electron chi connectivity index (χ4n) is 1.85. The Bertz CT molecular complexity index is 496. The summed E-state index contributed by atoms with van der Waals surface area (Å²) in [5.74, 6) is 1.25. The van der Waals surface area contributed by atoms with Gasteiger partial charge < -0.3 is 24.3 Å². The van der Waals surface area contributed by atoms with Gasteiger partial charge in [0.2, 0.25) is 0 Å². The van der Waals surface area contributed by atoms with Crippen molar-refractivity contribution >= 4 is 23.6 Å². The highest BCUT2D eigenvalue weighted by molar-refractivity contribution is 6.22. The van der Waals surface area contributed by atoms with Gasteiger partial charge in [0.05, 0.1) is 19.6 Å². The molecule has 1 aromatic rings. The van der Waals surface area contributed by atoms with E-state index < -0.39 is 5.50 Å². The number of nitrogens with zero attached hydrogens (tertiary/aromatic N) is 1. The second-order valence-corrected chi connectivity index (χ2v) is 4.74. The summed E-state index contributed by atoms with van der Waals surface area (Å²) in [7, 11) is 3.25. The number of rotatable bonds is 8. The van der Waals surface area contributed by atoms with Crippen molar-refractivity contribution in [1.29, 1.82) is 0 Å². The Balaban J connectivity index is 2.19. The second kappa shape index (κ2) is 8.07. The van der Waals surface area contributed by atoms with Crippen LogP contribution in [-0.4, -0.2) is 47.0 Å². The van der Waals surface area contributed by atoms with Gasteiger partial charge in [-0.1, -0.05) is 11.6 Å². The third kappa shape index (κ3) is 4.23. The Morgan fingerprint density at radius 1 is 1.05 bits per heavy atom. The number of ether oxygens (including phenoxy) is 4. The summed E-state index contributed by atoms with van der Waals surface area (Å²) >= 11 is 6.18. The van der Waals surface area contributed by atoms with Crippen molar-refractivity contribution in [2.75, 3.05) is 46.0 Å². The molecule has 0 saturated carbocycles. The van der Waals surface area contributed by atoms with Crippen LogP contribution < -0.4 is 14.8 Å². The molecule has 0 spiro atoms. The lowest BCUT2D eigenvalue weighted by Crippen LogP contribution is -2.12. The number of fused-ring (bicyclic) bond motifs is 1. The van der Waals surface area contributed by atoms with Crippen molar-refractivity contribution in [3.8, 4) is 11.5 Å². The molecule has 0 fully saturated rings. The molecule has 0 bridgehead atoms. The number of methoxy groups -OCH3 is 2. The summed E-state index contributed by atoms with van der Waals surface area (Å²) in [6, 6.07) is 3.70. The summed E-state index contributed by atoms with van der Waals surface area (Å²) in [5.41, 5.74) is 1.28. The largest absolute Gasteiger partial charge is 0.487 e. The third-order valence-corrected chi connectivity index (χ3v) is 3.24. The first kappa shape index (κ1) is 15.9. The fourth-order valence-corrected chi connectivity index (χ4v) is 2.08. The Hall–Kier alpha value is -1.50. The van der Waals surface area contributed by atoms with Crippen LogP contribution in [0.1, 0.15) is 11.1 Å². The van der Waals surface area contributed by atoms with Crippen LogP contribution in [0.15, 0.2) is 17.1 Å². The second-order valence-electron chi connectivity index (χ2n) is 4.33. The number of aliphatic imine (C=N–C) groups is 1. The number of hydrogen-bond donors (Lipinski definition) is 1. The Kier molecular flexibility index (Phi) is 6.10. The topological polar surface area (TPSA) is 61.3 Å². The number of nitrogens with one attached hydrogen (secondary N) is 1. The number of hydrogen-bond acceptors (Lipinski definition) is 6. The zero-order chi connectivity index (χ0) is 15.1. The monoisotopic (exact) mass is 314 g/mol. The molecule has 116 valence electrons. The minimum Gasteiger partial charge on any atom is -0.487 e. The Morgan fingerprint density at radius 2 is 1.67 bits per heavy atom. The van der Waals surface area contributed by atoms with E-state index in [2.05, 4.69) is 10.3 Å². The maximum absolute atomic E-state index is 6.18. The summed E-state index contributed by atoms with van der Waals surface area (Å²) in [6.07, 6.45) is 1.57. The van der Waals surface area contributed by atoms with Gasteiger partial charge in [-0.05, 0) is 6.07 Å². The summed E-state index contributed by atoms with van der Waals surface area (Å²) in [5, 5.41) is 3.05. The number of anilines is 1. The molecule has 2 rings (SSSR count). The van der Waals surface area contributed by atoms with E-state index >= 15 is 0 Å². The molecule has 21 heavy (non-hydrogen) atoms. The molecule has 0 unspecified atom stereocenters. The van der Waals surface area contributed by atoms with Gasteiger partial charge in [-0.15, -0.1) is 0 Å². The van der Waals surface area contributed by atoms with Crippen LogP contribution in [0.25, 0.3) is 0 Å². The van der Waals surface area contributed by atoms with E-state index in [4.69, 9.17) is 30.5 Å². The molecule has 1 aromatic carbocycles. The first-order valence-electron chi connectivity index (χ1n) is 6.60. The van der Waals surface area contributed by atoms with Gasteiger partial charge in [-0.3, -0.25) is 4.99 Å². The highest BCUT2D eigenvalue weighted by atomic mass is 35.5. The van der Waals surface area contributed by atoms with Gasteiger partial charge in [0, 0.05) is 31.5 Å². The van der Waals surface area contributed by atoms with E-state index in [1.165, 1.54) is 0 Å². The van der Waals surface area contributed by atoms with Crippen LogP contribution >= 0.6 is 11.6 Å². The van der Waals surface area contributed by atoms with Crippen molar-refractivity contribution in [2.45, 2.75) is 5.50 Å². The SMILES string of the molecule is COCCOc1cc2c(cc1OCCOC)[C@@H](Cl)N=CN2. The lowest BCUT2D eigenvalue weighted by molar-refractivity contribution is 0.132. The molecule has 1 heterocycles. The van der Waals surface area contributed by atoms with Crippen molar-refractivity contribution in [1.82, 2.24) is 0 Å². The smallest absolute Gasteiger partial charge is 0.163 e. The quantitative estimate of drug-likeness (QED) is 0.453. The van der Waals surface area contributed by atoms with E-state index in [0.29, 0.717) is 37.9 Å². The number of benzene rings is 1. The molecule has 1 atom stereocenters. The van der Waals surface area contributed by atoms with E-state index in [1.807, 2.05) is 12.1 Å².